The average Bonchev–Trinajstić information content (AvgIpc) is 2.79. The highest BCUT2D eigenvalue weighted by atomic mass is 19.1. The first-order valence-electron chi connectivity index (χ1n) is 5.77. The SMILES string of the molecule is COc1c(F)cc(F)cc1-c1ncc2c(ncn2C)n1. The molecule has 0 atom stereocenters. The van der Waals surface area contributed by atoms with Crippen LogP contribution in [-0.2, 0) is 7.05 Å². The van der Waals surface area contributed by atoms with Crippen molar-refractivity contribution in [2.24, 2.45) is 7.05 Å². The lowest BCUT2D eigenvalue weighted by Gasteiger charge is -2.08. The molecule has 0 aliphatic carbocycles. The molecular weight excluding hydrogens is 266 g/mol. The molecule has 0 fully saturated rings. The summed E-state index contributed by atoms with van der Waals surface area (Å²) in [4.78, 5) is 12.4. The summed E-state index contributed by atoms with van der Waals surface area (Å²) in [5.74, 6) is -1.46. The van der Waals surface area contributed by atoms with Crippen LogP contribution in [0.3, 0.4) is 0 Å². The summed E-state index contributed by atoms with van der Waals surface area (Å²) in [5.41, 5.74) is 1.33. The Bertz CT molecular complexity index is 800. The number of imidazole rings is 1. The van der Waals surface area contributed by atoms with Crippen LogP contribution in [0.1, 0.15) is 0 Å². The zero-order valence-corrected chi connectivity index (χ0v) is 10.8. The van der Waals surface area contributed by atoms with Crippen molar-refractivity contribution in [3.8, 4) is 17.1 Å². The van der Waals surface area contributed by atoms with E-state index in [2.05, 4.69) is 15.0 Å². The molecule has 1 aromatic carbocycles. The van der Waals surface area contributed by atoms with Crippen molar-refractivity contribution < 1.29 is 13.5 Å². The second-order valence-corrected chi connectivity index (χ2v) is 4.23. The number of hydrogen-bond acceptors (Lipinski definition) is 4. The van der Waals surface area contributed by atoms with Crippen LogP contribution in [-0.4, -0.2) is 26.6 Å². The predicted octanol–water partition coefficient (Wildman–Crippen LogP) is 2.32. The molecule has 0 aliphatic rings. The molecular formula is C13H10F2N4O. The van der Waals surface area contributed by atoms with Gasteiger partial charge in [-0.2, -0.15) is 0 Å². The van der Waals surface area contributed by atoms with E-state index in [1.807, 2.05) is 0 Å². The molecule has 0 amide bonds. The van der Waals surface area contributed by atoms with Gasteiger partial charge in [-0.3, -0.25) is 0 Å². The molecule has 102 valence electrons. The second-order valence-electron chi connectivity index (χ2n) is 4.23. The van der Waals surface area contributed by atoms with Crippen molar-refractivity contribution in [3.63, 3.8) is 0 Å². The lowest BCUT2D eigenvalue weighted by Crippen LogP contribution is -1.98. The van der Waals surface area contributed by atoms with Gasteiger partial charge in [0.1, 0.15) is 11.3 Å². The van der Waals surface area contributed by atoms with Crippen molar-refractivity contribution >= 4 is 11.2 Å². The highest BCUT2D eigenvalue weighted by molar-refractivity contribution is 5.74. The molecule has 3 rings (SSSR count). The summed E-state index contributed by atoms with van der Waals surface area (Å²) < 4.78 is 33.8. The minimum atomic E-state index is -0.799. The van der Waals surface area contributed by atoms with Gasteiger partial charge in [0.25, 0.3) is 0 Å². The van der Waals surface area contributed by atoms with Gasteiger partial charge in [0.15, 0.2) is 23.0 Å². The first kappa shape index (κ1) is 12.5. The highest BCUT2D eigenvalue weighted by Crippen LogP contribution is 2.31. The fourth-order valence-corrected chi connectivity index (χ4v) is 1.98. The van der Waals surface area contributed by atoms with Gasteiger partial charge in [-0.25, -0.2) is 23.7 Å². The van der Waals surface area contributed by atoms with Crippen LogP contribution in [0.5, 0.6) is 5.75 Å². The fourth-order valence-electron chi connectivity index (χ4n) is 1.98. The zero-order chi connectivity index (χ0) is 14.3. The molecule has 3 aromatic rings. The molecule has 0 aliphatic heterocycles. The third-order valence-electron chi connectivity index (χ3n) is 2.94. The zero-order valence-electron chi connectivity index (χ0n) is 10.8. The lowest BCUT2D eigenvalue weighted by molar-refractivity contribution is 0.385. The summed E-state index contributed by atoms with van der Waals surface area (Å²) in [6.45, 7) is 0. The Kier molecular flexibility index (Phi) is 2.81. The molecule has 0 saturated carbocycles. The van der Waals surface area contributed by atoms with Crippen LogP contribution in [0.2, 0.25) is 0 Å². The first-order valence-corrected chi connectivity index (χ1v) is 5.77. The van der Waals surface area contributed by atoms with E-state index in [9.17, 15) is 8.78 Å². The standard InChI is InChI=1S/C13H10F2N4O/c1-19-6-17-13-10(19)5-16-12(18-13)8-3-7(14)4-9(15)11(8)20-2/h3-6H,1-2H3. The summed E-state index contributed by atoms with van der Waals surface area (Å²) in [6.07, 6.45) is 3.14. The first-order chi connectivity index (χ1) is 9.60. The Labute approximate surface area is 112 Å². The number of aromatic nitrogens is 4. The molecule has 0 saturated heterocycles. The second kappa shape index (κ2) is 4.52. The molecule has 2 heterocycles. The van der Waals surface area contributed by atoms with Crippen LogP contribution in [0, 0.1) is 11.6 Å². The minimum Gasteiger partial charge on any atom is -0.493 e. The van der Waals surface area contributed by atoms with Crippen LogP contribution in [0.15, 0.2) is 24.7 Å². The summed E-state index contributed by atoms with van der Waals surface area (Å²) >= 11 is 0. The van der Waals surface area contributed by atoms with E-state index in [0.717, 1.165) is 17.6 Å². The molecule has 5 nitrogen and oxygen atoms in total. The van der Waals surface area contributed by atoms with Crippen LogP contribution in [0.4, 0.5) is 8.78 Å². The number of fused-ring (bicyclic) bond motifs is 1. The van der Waals surface area contributed by atoms with E-state index in [4.69, 9.17) is 4.74 Å². The Morgan fingerprint density at radius 2 is 2.00 bits per heavy atom. The Morgan fingerprint density at radius 1 is 1.20 bits per heavy atom. The third-order valence-corrected chi connectivity index (χ3v) is 2.94. The van der Waals surface area contributed by atoms with Gasteiger partial charge in [-0.15, -0.1) is 0 Å². The predicted molar refractivity (Wildman–Crippen MR) is 68.2 cm³/mol. The van der Waals surface area contributed by atoms with Crippen LogP contribution in [0.25, 0.3) is 22.6 Å². The number of halogens is 2. The Hall–Kier alpha value is -2.57. The van der Waals surface area contributed by atoms with Gasteiger partial charge in [0.05, 0.1) is 25.2 Å². The number of nitrogens with zero attached hydrogens (tertiary/aromatic N) is 4. The van der Waals surface area contributed by atoms with Gasteiger partial charge < -0.3 is 9.30 Å². The third kappa shape index (κ3) is 1.87. The van der Waals surface area contributed by atoms with Gasteiger partial charge in [-0.05, 0) is 6.07 Å². The summed E-state index contributed by atoms with van der Waals surface area (Å²) in [5, 5.41) is 0. The highest BCUT2D eigenvalue weighted by Gasteiger charge is 2.16. The largest absolute Gasteiger partial charge is 0.493 e. The maximum absolute atomic E-state index is 13.7. The molecule has 2 aromatic heterocycles. The molecule has 0 spiro atoms. The number of methoxy groups -OCH3 is 1. The average molecular weight is 276 g/mol. The van der Waals surface area contributed by atoms with Crippen molar-refractivity contribution in [2.45, 2.75) is 0 Å². The van der Waals surface area contributed by atoms with Crippen molar-refractivity contribution in [1.82, 2.24) is 19.5 Å². The van der Waals surface area contributed by atoms with Gasteiger partial charge >= 0.3 is 0 Å². The molecule has 0 N–H and O–H groups in total. The lowest BCUT2D eigenvalue weighted by atomic mass is 10.1. The Balaban J connectivity index is 2.24. The van der Waals surface area contributed by atoms with Gasteiger partial charge in [0.2, 0.25) is 0 Å². The van der Waals surface area contributed by atoms with E-state index in [0.29, 0.717) is 5.65 Å². The van der Waals surface area contributed by atoms with Crippen LogP contribution >= 0.6 is 0 Å². The van der Waals surface area contributed by atoms with Gasteiger partial charge in [-0.1, -0.05) is 0 Å². The van der Waals surface area contributed by atoms with E-state index < -0.39 is 11.6 Å². The van der Waals surface area contributed by atoms with Crippen molar-refractivity contribution in [3.05, 3.63) is 36.3 Å². The smallest absolute Gasteiger partial charge is 0.181 e. The maximum atomic E-state index is 13.7. The molecule has 0 bridgehead atoms. The van der Waals surface area contributed by atoms with E-state index >= 15 is 0 Å². The summed E-state index contributed by atoms with van der Waals surface area (Å²) in [6, 6.07) is 1.88. The monoisotopic (exact) mass is 276 g/mol. The molecule has 20 heavy (non-hydrogen) atoms. The molecule has 0 radical (unpaired) electrons. The number of benzene rings is 1. The fraction of sp³-hybridized carbons (Fsp3) is 0.154. The number of rotatable bonds is 2. The summed E-state index contributed by atoms with van der Waals surface area (Å²) in [7, 11) is 3.11. The van der Waals surface area contributed by atoms with Gasteiger partial charge in [0, 0.05) is 13.1 Å². The number of hydrogen-bond donors (Lipinski definition) is 0. The van der Waals surface area contributed by atoms with E-state index in [1.54, 1.807) is 24.1 Å². The van der Waals surface area contributed by atoms with Crippen LogP contribution < -0.4 is 4.74 Å². The minimum absolute atomic E-state index is 0.0957. The molecule has 7 heteroatoms. The molecule has 0 unspecified atom stereocenters. The van der Waals surface area contributed by atoms with Crippen molar-refractivity contribution in [1.29, 1.82) is 0 Å². The number of aryl methyl sites for hydroxylation is 1. The van der Waals surface area contributed by atoms with Crippen molar-refractivity contribution in [2.75, 3.05) is 7.11 Å². The maximum Gasteiger partial charge on any atom is 0.181 e. The van der Waals surface area contributed by atoms with E-state index in [-0.39, 0.29) is 17.1 Å². The topological polar surface area (TPSA) is 52.8 Å². The van der Waals surface area contributed by atoms with E-state index in [1.165, 1.54) is 7.11 Å². The normalized spacial score (nSPS) is 11.0. The number of ether oxygens (including phenoxy) is 1. The quantitative estimate of drug-likeness (QED) is 0.720. The Morgan fingerprint density at radius 3 is 2.75 bits per heavy atom.